The zero-order valence-electron chi connectivity index (χ0n) is 16.9. The van der Waals surface area contributed by atoms with Crippen LogP contribution in [0.5, 0.6) is 0 Å². The van der Waals surface area contributed by atoms with Gasteiger partial charge in [0.25, 0.3) is 0 Å². The van der Waals surface area contributed by atoms with E-state index in [1.807, 2.05) is 0 Å². The van der Waals surface area contributed by atoms with Crippen molar-refractivity contribution in [3.05, 3.63) is 17.5 Å². The number of aromatic nitrogens is 2. The molecule has 176 valence electrons. The minimum Gasteiger partial charge on any atom is -0.352 e. The number of carbonyl (C=O) groups excluding carboxylic acids is 3. The molecule has 3 rings (SSSR count). The maximum atomic E-state index is 12.8. The lowest BCUT2D eigenvalue weighted by molar-refractivity contribution is -0.0316. The van der Waals surface area contributed by atoms with Crippen LogP contribution in [0.15, 0.2) is 11.2 Å². The van der Waals surface area contributed by atoms with Gasteiger partial charge in [-0.3, -0.25) is 14.2 Å². The van der Waals surface area contributed by atoms with Crippen molar-refractivity contribution in [3.8, 4) is 0 Å². The number of urea groups is 2. The molecule has 0 spiro atoms. The molecule has 2 atom stereocenters. The molecular formula is C14H21N9O8S. The number of hydrogen-bond acceptors (Lipinski definition) is 9. The van der Waals surface area contributed by atoms with Gasteiger partial charge in [0.1, 0.15) is 12.1 Å². The molecule has 2 aliphatic rings. The monoisotopic (exact) mass is 475 g/mol. The maximum Gasteiger partial charge on any atom is 0.431 e. The van der Waals surface area contributed by atoms with E-state index in [4.69, 9.17) is 15.1 Å². The summed E-state index contributed by atoms with van der Waals surface area (Å²) in [7, 11) is -1.98. The molecule has 6 N–H and O–H groups in total. The van der Waals surface area contributed by atoms with E-state index in [1.54, 1.807) is 7.05 Å². The molecule has 3 heterocycles. The zero-order valence-corrected chi connectivity index (χ0v) is 17.7. The van der Waals surface area contributed by atoms with Gasteiger partial charge in [0.2, 0.25) is 0 Å². The number of aliphatic imine (C=N–C) groups is 1. The molecule has 1 saturated heterocycles. The van der Waals surface area contributed by atoms with Crippen LogP contribution in [0.1, 0.15) is 23.3 Å². The minimum atomic E-state index is -4.96. The summed E-state index contributed by atoms with van der Waals surface area (Å²) in [6, 6.07) is -3.41. The van der Waals surface area contributed by atoms with Crippen molar-refractivity contribution in [1.29, 1.82) is 0 Å². The molecule has 0 aliphatic carbocycles. The van der Waals surface area contributed by atoms with E-state index in [1.165, 1.54) is 22.8 Å². The van der Waals surface area contributed by atoms with Gasteiger partial charge < -0.3 is 26.1 Å². The molecular weight excluding hydrogens is 454 g/mol. The fraction of sp³-hybridized carbons (Fsp3) is 0.500. The summed E-state index contributed by atoms with van der Waals surface area (Å²) in [5, 5.41) is 9.30. The first-order chi connectivity index (χ1) is 15.0. The first-order valence-corrected chi connectivity index (χ1v) is 10.4. The molecule has 1 aromatic heterocycles. The van der Waals surface area contributed by atoms with E-state index in [0.717, 1.165) is 0 Å². The summed E-state index contributed by atoms with van der Waals surface area (Å²) >= 11 is 0. The average Bonchev–Trinajstić information content (AvgIpc) is 3.21. The molecule has 18 heteroatoms. The van der Waals surface area contributed by atoms with Gasteiger partial charge in [-0.2, -0.15) is 18.6 Å². The van der Waals surface area contributed by atoms with Crippen LogP contribution in [-0.2, 0) is 26.6 Å². The third kappa shape index (κ3) is 4.65. The molecule has 0 unspecified atom stereocenters. The molecule has 2 bridgehead atoms. The average molecular weight is 475 g/mol. The number of hydrogen-bond donors (Lipinski definition) is 5. The molecule has 2 aliphatic heterocycles. The lowest BCUT2D eigenvalue weighted by Gasteiger charge is -2.31. The Bertz CT molecular complexity index is 1050. The van der Waals surface area contributed by atoms with Gasteiger partial charge in [0.15, 0.2) is 5.84 Å². The Hall–Kier alpha value is -3.64. The molecule has 17 nitrogen and oxygen atoms in total. The van der Waals surface area contributed by atoms with Crippen molar-refractivity contribution in [2.75, 3.05) is 26.7 Å². The molecule has 0 radical (unpaired) electrons. The number of rotatable bonds is 6. The highest BCUT2D eigenvalue weighted by atomic mass is 32.3. The van der Waals surface area contributed by atoms with Gasteiger partial charge in [0, 0.05) is 32.7 Å². The summed E-state index contributed by atoms with van der Waals surface area (Å²) in [4.78, 5) is 45.5. The Morgan fingerprint density at radius 1 is 1.38 bits per heavy atom. The second-order valence-electron chi connectivity index (χ2n) is 6.61. The lowest BCUT2D eigenvalue weighted by atomic mass is 9.97. The number of hydroxylamine groups is 3. The van der Waals surface area contributed by atoms with Crippen LogP contribution < -0.4 is 21.8 Å². The summed E-state index contributed by atoms with van der Waals surface area (Å²) in [5.41, 5.74) is 8.20. The third-order valence-electron chi connectivity index (χ3n) is 4.65. The number of aryl methyl sites for hydroxylation is 1. The summed E-state index contributed by atoms with van der Waals surface area (Å²) < 4.78 is 37.4. The van der Waals surface area contributed by atoms with Gasteiger partial charge in [-0.1, -0.05) is 0 Å². The number of amides is 5. The lowest BCUT2D eigenvalue weighted by Crippen LogP contribution is -2.46. The predicted octanol–water partition coefficient (Wildman–Crippen LogP) is -2.08. The van der Waals surface area contributed by atoms with Crippen molar-refractivity contribution in [1.82, 2.24) is 35.9 Å². The quantitative estimate of drug-likeness (QED) is 0.0992. The zero-order chi connectivity index (χ0) is 23.6. The molecule has 0 saturated carbocycles. The summed E-state index contributed by atoms with van der Waals surface area (Å²) in [5.74, 6) is 0.0285. The number of nitrogens with two attached hydrogens (primary N) is 1. The second-order valence-corrected chi connectivity index (χ2v) is 7.61. The second kappa shape index (κ2) is 8.85. The maximum absolute atomic E-state index is 12.8. The Balaban J connectivity index is 1.77. The van der Waals surface area contributed by atoms with E-state index in [2.05, 4.69) is 30.5 Å². The van der Waals surface area contributed by atoms with Crippen LogP contribution in [0.3, 0.4) is 0 Å². The Morgan fingerprint density at radius 3 is 2.69 bits per heavy atom. The number of primary amides is 1. The van der Waals surface area contributed by atoms with Crippen molar-refractivity contribution in [2.45, 2.75) is 12.1 Å². The largest absolute Gasteiger partial charge is 0.431 e. The normalized spacial score (nSPS) is 20.1. The van der Waals surface area contributed by atoms with Gasteiger partial charge in [-0.25, -0.2) is 19.9 Å². The molecule has 32 heavy (non-hydrogen) atoms. The fourth-order valence-electron chi connectivity index (χ4n) is 3.41. The third-order valence-corrected chi connectivity index (χ3v) is 5.00. The highest BCUT2D eigenvalue weighted by Crippen LogP contribution is 2.44. The Kier molecular flexibility index (Phi) is 6.37. The molecule has 1 aromatic rings. The van der Waals surface area contributed by atoms with Crippen LogP contribution in [0.4, 0.5) is 14.4 Å². The van der Waals surface area contributed by atoms with E-state index in [9.17, 15) is 22.8 Å². The standard InChI is InChI=1S/C14H21N9O8S/c1-16-11(20-30-13(25)18-4-3-17-12(15)24)10-9-7(5-19-21(9)2)8-6-22(10)14(26)23(8)31-32(27,28)29/h5,8,10H,3-4,6H2,1-2H3,(H,16,20)(H,18,25)(H3,15,17,24)(H,27,28,29)/t8-,10-/m0/s1. The first-order valence-electron chi connectivity index (χ1n) is 9.02. The highest BCUT2D eigenvalue weighted by Gasteiger charge is 2.53. The van der Waals surface area contributed by atoms with Crippen molar-refractivity contribution >= 4 is 34.4 Å². The number of carbonyl (C=O) groups is 3. The smallest absolute Gasteiger partial charge is 0.352 e. The number of fused-ring (bicyclic) bond motifs is 4. The van der Waals surface area contributed by atoms with Crippen molar-refractivity contribution in [3.63, 3.8) is 0 Å². The van der Waals surface area contributed by atoms with E-state index in [-0.39, 0.29) is 25.5 Å². The first kappa shape index (κ1) is 23.0. The van der Waals surface area contributed by atoms with Crippen LogP contribution in [0.25, 0.3) is 0 Å². The summed E-state index contributed by atoms with van der Waals surface area (Å²) in [6.45, 7) is 0.0996. The van der Waals surface area contributed by atoms with Crippen LogP contribution in [0, 0.1) is 0 Å². The topological polar surface area (TPSA) is 223 Å². The van der Waals surface area contributed by atoms with Crippen LogP contribution in [-0.4, -0.2) is 83.4 Å². The van der Waals surface area contributed by atoms with Gasteiger partial charge in [-0.05, 0) is 0 Å². The van der Waals surface area contributed by atoms with Crippen molar-refractivity contribution in [2.24, 2.45) is 17.8 Å². The summed E-state index contributed by atoms with van der Waals surface area (Å²) in [6.07, 6.45) is 0.524. The van der Waals surface area contributed by atoms with Gasteiger partial charge >= 0.3 is 28.6 Å². The van der Waals surface area contributed by atoms with Gasteiger partial charge in [-0.15, -0.1) is 4.28 Å². The number of nitrogens with one attached hydrogen (secondary N) is 3. The minimum absolute atomic E-state index is 0.0105. The molecule has 5 amide bonds. The van der Waals surface area contributed by atoms with Crippen LogP contribution in [0.2, 0.25) is 0 Å². The number of nitrogens with zero attached hydrogens (tertiary/aromatic N) is 5. The van der Waals surface area contributed by atoms with E-state index < -0.39 is 40.6 Å². The SMILES string of the molecule is CN=C(NOC(=O)NCCNC(N)=O)[C@@H]1c2c(cnn2C)[C@@H]2CN1C(=O)N2OS(=O)(=O)O. The highest BCUT2D eigenvalue weighted by molar-refractivity contribution is 7.80. The fourth-order valence-corrected chi connectivity index (χ4v) is 3.78. The van der Waals surface area contributed by atoms with Crippen molar-refractivity contribution < 1.29 is 36.5 Å². The Labute approximate surface area is 181 Å². The number of amidine groups is 1. The Morgan fingerprint density at radius 2 is 2.06 bits per heavy atom. The van der Waals surface area contributed by atoms with Crippen LogP contribution >= 0.6 is 0 Å². The predicted molar refractivity (Wildman–Crippen MR) is 104 cm³/mol. The molecule has 1 fully saturated rings. The molecule has 0 aromatic carbocycles. The van der Waals surface area contributed by atoms with E-state index >= 15 is 0 Å². The van der Waals surface area contributed by atoms with E-state index in [0.29, 0.717) is 16.3 Å². The van der Waals surface area contributed by atoms with Gasteiger partial charge in [0.05, 0.1) is 18.4 Å².